The number of pyridine rings is 1. The Hall–Kier alpha value is -1.70. The number of carbonyl (C=O) groups excluding carboxylic acids is 1. The van der Waals surface area contributed by atoms with Crippen LogP contribution in [0.2, 0.25) is 0 Å². The molecule has 3 rings (SSSR count). The molecule has 3 aromatic heterocycles. The molecule has 0 N–H and O–H groups in total. The second-order valence-electron chi connectivity index (χ2n) is 3.47. The Bertz CT molecular complexity index is 700. The second-order valence-corrected chi connectivity index (χ2v) is 4.72. The van der Waals surface area contributed by atoms with Gasteiger partial charge in [-0.2, -0.15) is 5.10 Å². The summed E-state index contributed by atoms with van der Waals surface area (Å²) in [4.78, 5) is 15.6. The van der Waals surface area contributed by atoms with E-state index in [4.69, 9.17) is 0 Å². The summed E-state index contributed by atoms with van der Waals surface area (Å²) in [7, 11) is 0. The average Bonchev–Trinajstić information content (AvgIpc) is 2.91. The van der Waals surface area contributed by atoms with Crippen molar-refractivity contribution >= 4 is 34.5 Å². The quantitative estimate of drug-likeness (QED) is 0.530. The number of imidazole rings is 1. The molecule has 0 bridgehead atoms. The molecule has 3 aromatic rings. The van der Waals surface area contributed by atoms with Crippen LogP contribution in [0.1, 0.15) is 10.5 Å². The third-order valence-electron chi connectivity index (χ3n) is 2.43. The number of aldehydes is 1. The van der Waals surface area contributed by atoms with E-state index in [1.165, 1.54) is 0 Å². The highest BCUT2D eigenvalue weighted by Crippen LogP contribution is 2.15. The van der Waals surface area contributed by atoms with Gasteiger partial charge in [0.1, 0.15) is 11.3 Å². The lowest BCUT2D eigenvalue weighted by Crippen LogP contribution is -2.00. The minimum absolute atomic E-state index is 0.500. The molecule has 0 amide bonds. The Morgan fingerprint density at radius 3 is 2.94 bits per heavy atom. The Morgan fingerprint density at radius 2 is 2.24 bits per heavy atom. The lowest BCUT2D eigenvalue weighted by Gasteiger charge is -1.96. The number of carbonyl (C=O) groups is 1. The van der Waals surface area contributed by atoms with Crippen molar-refractivity contribution in [2.75, 3.05) is 0 Å². The summed E-state index contributed by atoms with van der Waals surface area (Å²) in [5.41, 5.74) is 1.23. The first-order valence-corrected chi connectivity index (χ1v) is 6.00. The third-order valence-corrected chi connectivity index (χ3v) is 2.98. The Balaban J connectivity index is 2.32. The van der Waals surface area contributed by atoms with Crippen LogP contribution in [0.15, 0.2) is 36.8 Å². The topological polar surface area (TPSA) is 52.2 Å². The van der Waals surface area contributed by atoms with Crippen molar-refractivity contribution in [2.24, 2.45) is 0 Å². The molecule has 0 aliphatic heterocycles. The number of hydrogen-bond donors (Lipinski definition) is 0. The summed E-state index contributed by atoms with van der Waals surface area (Å²) in [5.74, 6) is 0.550. The smallest absolute Gasteiger partial charge is 0.183 e. The number of halogens is 1. The number of hydrogen-bond acceptors (Lipinski definition) is 3. The minimum Gasteiger partial charge on any atom is -0.296 e. The van der Waals surface area contributed by atoms with Crippen LogP contribution in [0, 0.1) is 3.57 Å². The van der Waals surface area contributed by atoms with Crippen LogP contribution in [0.4, 0.5) is 0 Å². The van der Waals surface area contributed by atoms with Gasteiger partial charge in [-0.3, -0.25) is 9.20 Å². The van der Waals surface area contributed by atoms with E-state index in [1.54, 1.807) is 15.3 Å². The predicted molar refractivity (Wildman–Crippen MR) is 70.4 cm³/mol. The van der Waals surface area contributed by atoms with E-state index >= 15 is 0 Å². The maximum Gasteiger partial charge on any atom is 0.183 e. The second kappa shape index (κ2) is 3.95. The highest BCUT2D eigenvalue weighted by atomic mass is 127. The molecule has 0 radical (unpaired) electrons. The highest BCUT2D eigenvalue weighted by Gasteiger charge is 2.13. The van der Waals surface area contributed by atoms with E-state index in [0.29, 0.717) is 11.5 Å². The van der Waals surface area contributed by atoms with Crippen LogP contribution in [-0.4, -0.2) is 25.5 Å². The van der Waals surface area contributed by atoms with Crippen LogP contribution < -0.4 is 0 Å². The molecule has 0 atom stereocenters. The molecular formula is C11H7IN4O. The lowest BCUT2D eigenvalue weighted by molar-refractivity contribution is 0.111. The Kier molecular flexibility index (Phi) is 2.43. The van der Waals surface area contributed by atoms with Gasteiger partial charge in [0.15, 0.2) is 12.1 Å². The first-order valence-electron chi connectivity index (χ1n) is 4.92. The number of rotatable bonds is 2. The van der Waals surface area contributed by atoms with Gasteiger partial charge in [0, 0.05) is 12.4 Å². The number of fused-ring (bicyclic) bond motifs is 1. The van der Waals surface area contributed by atoms with E-state index < -0.39 is 0 Å². The zero-order valence-electron chi connectivity index (χ0n) is 8.62. The van der Waals surface area contributed by atoms with Crippen molar-refractivity contribution in [3.05, 3.63) is 46.1 Å². The molecule has 0 aliphatic rings. The molecule has 0 aliphatic carbocycles. The zero-order chi connectivity index (χ0) is 11.8. The molecule has 0 aromatic carbocycles. The van der Waals surface area contributed by atoms with Gasteiger partial charge in [-0.05, 0) is 34.7 Å². The van der Waals surface area contributed by atoms with Crippen LogP contribution in [0.3, 0.4) is 0 Å². The van der Waals surface area contributed by atoms with E-state index in [-0.39, 0.29) is 0 Å². The molecule has 84 valence electrons. The number of nitrogens with zero attached hydrogens (tertiary/aromatic N) is 4. The van der Waals surface area contributed by atoms with E-state index in [0.717, 1.165) is 15.5 Å². The molecule has 0 spiro atoms. The molecule has 5 nitrogen and oxygen atoms in total. The molecule has 0 saturated heterocycles. The summed E-state index contributed by atoms with van der Waals surface area (Å²) in [5, 5.41) is 4.16. The van der Waals surface area contributed by atoms with E-state index in [1.807, 2.05) is 30.6 Å². The lowest BCUT2D eigenvalue weighted by atomic mass is 10.4. The maximum atomic E-state index is 11.2. The van der Waals surface area contributed by atoms with Gasteiger partial charge in [-0.1, -0.05) is 6.07 Å². The van der Waals surface area contributed by atoms with Crippen LogP contribution in [0.5, 0.6) is 0 Å². The molecule has 0 unspecified atom stereocenters. The Morgan fingerprint density at radius 1 is 1.35 bits per heavy atom. The standard InChI is InChI=1S/C11H7IN4O/c12-8-5-13-16(6-8)11-9(7-17)15-4-2-1-3-10(15)14-11/h1-7H. The number of aromatic nitrogens is 4. The van der Waals surface area contributed by atoms with Crippen molar-refractivity contribution < 1.29 is 4.79 Å². The van der Waals surface area contributed by atoms with Crippen LogP contribution >= 0.6 is 22.6 Å². The average molecular weight is 338 g/mol. The van der Waals surface area contributed by atoms with Crippen molar-refractivity contribution in [1.82, 2.24) is 19.2 Å². The van der Waals surface area contributed by atoms with Gasteiger partial charge in [0.05, 0.1) is 9.77 Å². The fraction of sp³-hybridized carbons (Fsp3) is 0. The van der Waals surface area contributed by atoms with Gasteiger partial charge < -0.3 is 0 Å². The van der Waals surface area contributed by atoms with Gasteiger partial charge >= 0.3 is 0 Å². The predicted octanol–water partition coefficient (Wildman–Crippen LogP) is 1.94. The van der Waals surface area contributed by atoms with Crippen molar-refractivity contribution in [3.8, 4) is 5.82 Å². The first kappa shape index (κ1) is 10.5. The minimum atomic E-state index is 0.500. The van der Waals surface area contributed by atoms with Gasteiger partial charge in [0.25, 0.3) is 0 Å². The first-order chi connectivity index (χ1) is 8.29. The summed E-state index contributed by atoms with van der Waals surface area (Å²) < 4.78 is 4.35. The molecular weight excluding hydrogens is 331 g/mol. The monoisotopic (exact) mass is 338 g/mol. The van der Waals surface area contributed by atoms with Gasteiger partial charge in [-0.15, -0.1) is 0 Å². The van der Waals surface area contributed by atoms with Crippen molar-refractivity contribution in [2.45, 2.75) is 0 Å². The third kappa shape index (κ3) is 1.64. The Labute approximate surface area is 110 Å². The SMILES string of the molecule is O=Cc1c(-n2cc(I)cn2)nc2ccccn12. The molecule has 17 heavy (non-hydrogen) atoms. The summed E-state index contributed by atoms with van der Waals surface area (Å²) in [6, 6.07) is 5.59. The maximum absolute atomic E-state index is 11.2. The van der Waals surface area contributed by atoms with Gasteiger partial charge in [-0.25, -0.2) is 9.67 Å². The summed E-state index contributed by atoms with van der Waals surface area (Å²) in [6.45, 7) is 0. The summed E-state index contributed by atoms with van der Waals surface area (Å²) >= 11 is 2.16. The molecule has 0 saturated carbocycles. The fourth-order valence-corrected chi connectivity index (χ4v) is 2.09. The normalized spacial score (nSPS) is 10.9. The zero-order valence-corrected chi connectivity index (χ0v) is 10.8. The van der Waals surface area contributed by atoms with Crippen molar-refractivity contribution in [1.29, 1.82) is 0 Å². The van der Waals surface area contributed by atoms with Gasteiger partial charge in [0.2, 0.25) is 0 Å². The molecule has 3 heterocycles. The fourth-order valence-electron chi connectivity index (χ4n) is 1.70. The molecule has 6 heteroatoms. The van der Waals surface area contributed by atoms with E-state index in [2.05, 4.69) is 32.7 Å². The van der Waals surface area contributed by atoms with Crippen LogP contribution in [0.25, 0.3) is 11.5 Å². The summed E-state index contributed by atoms with van der Waals surface area (Å²) in [6.07, 6.45) is 6.16. The van der Waals surface area contributed by atoms with Crippen molar-refractivity contribution in [3.63, 3.8) is 0 Å². The van der Waals surface area contributed by atoms with Crippen LogP contribution in [-0.2, 0) is 0 Å². The largest absolute Gasteiger partial charge is 0.296 e. The van der Waals surface area contributed by atoms with E-state index in [9.17, 15) is 4.79 Å². The molecule has 0 fully saturated rings. The highest BCUT2D eigenvalue weighted by molar-refractivity contribution is 14.1.